The number of anilines is 1. The molecule has 1 amide bonds. The van der Waals surface area contributed by atoms with Crippen LogP contribution in [0.1, 0.15) is 17.0 Å². The molecule has 0 unspecified atom stereocenters. The van der Waals surface area contributed by atoms with Crippen LogP contribution in [-0.4, -0.2) is 43.4 Å². The quantitative estimate of drug-likeness (QED) is 0.0894. The SMILES string of the molecule is COc1ccc([N+](=O)[O-])cc1CSc1nc2ccc(NC(=O)CSc3nnc(Cc4cccc5ccccc45)n3C)cc2s1. The van der Waals surface area contributed by atoms with Crippen molar-refractivity contribution >= 4 is 73.1 Å². The number of methoxy groups -OCH3 is 1. The van der Waals surface area contributed by atoms with E-state index in [0.29, 0.717) is 28.8 Å². The molecule has 0 aliphatic carbocycles. The van der Waals surface area contributed by atoms with Crippen LogP contribution < -0.4 is 10.1 Å². The molecule has 2 aromatic heterocycles. The summed E-state index contributed by atoms with van der Waals surface area (Å²) in [6, 6.07) is 24.7. The first-order valence-corrected chi connectivity index (χ1v) is 16.3. The van der Waals surface area contributed by atoms with E-state index in [4.69, 9.17) is 4.74 Å². The highest BCUT2D eigenvalue weighted by Crippen LogP contribution is 2.35. The number of benzene rings is 4. The van der Waals surface area contributed by atoms with E-state index in [-0.39, 0.29) is 17.3 Å². The van der Waals surface area contributed by atoms with E-state index in [0.717, 1.165) is 25.9 Å². The van der Waals surface area contributed by atoms with Crippen LogP contribution in [0.5, 0.6) is 5.75 Å². The number of nitrogens with zero attached hydrogens (tertiary/aromatic N) is 5. The molecule has 0 aliphatic rings. The summed E-state index contributed by atoms with van der Waals surface area (Å²) in [5.74, 6) is 1.93. The molecular formula is C31H26N6O4S3. The Labute approximate surface area is 265 Å². The number of aromatic nitrogens is 4. The number of thioether (sulfide) groups is 2. The summed E-state index contributed by atoms with van der Waals surface area (Å²) < 4.78 is 9.05. The number of hydrogen-bond acceptors (Lipinski definition) is 10. The van der Waals surface area contributed by atoms with Gasteiger partial charge in [0.2, 0.25) is 5.91 Å². The second-order valence-electron chi connectivity index (χ2n) is 9.81. The van der Waals surface area contributed by atoms with Crippen molar-refractivity contribution in [1.29, 1.82) is 0 Å². The molecule has 0 fully saturated rings. The lowest BCUT2D eigenvalue weighted by Gasteiger charge is -2.07. The lowest BCUT2D eigenvalue weighted by molar-refractivity contribution is -0.384. The van der Waals surface area contributed by atoms with Crippen molar-refractivity contribution in [1.82, 2.24) is 19.7 Å². The smallest absolute Gasteiger partial charge is 0.270 e. The number of nitrogens with one attached hydrogen (secondary N) is 1. The predicted molar refractivity (Wildman–Crippen MR) is 176 cm³/mol. The Hall–Kier alpha value is -4.46. The van der Waals surface area contributed by atoms with Crippen LogP contribution in [0.2, 0.25) is 0 Å². The third kappa shape index (κ3) is 6.54. The van der Waals surface area contributed by atoms with Crippen LogP contribution in [0.15, 0.2) is 88.4 Å². The zero-order valence-corrected chi connectivity index (χ0v) is 26.2. The monoisotopic (exact) mass is 642 g/mol. The molecular weight excluding hydrogens is 617 g/mol. The standard InChI is InChI=1S/C31H26N6O4S3/c1-36-28(15-20-8-5-7-19-6-3-4-9-24(19)20)34-35-30(36)42-18-29(38)32-22-10-12-25-27(16-22)44-31(33-25)43-17-21-14-23(37(39)40)11-13-26(21)41-2/h3-14,16H,15,17-18H2,1-2H3,(H,32,38). The zero-order valence-electron chi connectivity index (χ0n) is 23.7. The van der Waals surface area contributed by atoms with E-state index in [2.05, 4.69) is 50.8 Å². The molecule has 6 rings (SSSR count). The Morgan fingerprint density at radius 2 is 1.86 bits per heavy atom. The molecule has 0 aliphatic heterocycles. The molecule has 222 valence electrons. The van der Waals surface area contributed by atoms with Crippen molar-refractivity contribution in [3.8, 4) is 5.75 Å². The minimum Gasteiger partial charge on any atom is -0.496 e. The second kappa shape index (κ2) is 13.0. The highest BCUT2D eigenvalue weighted by molar-refractivity contribution is 8.00. The van der Waals surface area contributed by atoms with Crippen LogP contribution in [0.3, 0.4) is 0 Å². The lowest BCUT2D eigenvalue weighted by atomic mass is 10.0. The van der Waals surface area contributed by atoms with Crippen LogP contribution >= 0.6 is 34.9 Å². The largest absolute Gasteiger partial charge is 0.496 e. The number of nitro groups is 1. The van der Waals surface area contributed by atoms with E-state index < -0.39 is 4.92 Å². The number of non-ortho nitro benzene ring substituents is 1. The van der Waals surface area contributed by atoms with Crippen LogP contribution in [0, 0.1) is 10.1 Å². The third-order valence-electron chi connectivity index (χ3n) is 6.96. The first kappa shape index (κ1) is 29.6. The van der Waals surface area contributed by atoms with E-state index in [1.54, 1.807) is 13.2 Å². The second-order valence-corrected chi connectivity index (χ2v) is 13.0. The Kier molecular flexibility index (Phi) is 8.77. The van der Waals surface area contributed by atoms with Crippen LogP contribution in [-0.2, 0) is 24.0 Å². The summed E-state index contributed by atoms with van der Waals surface area (Å²) in [4.78, 5) is 28.3. The van der Waals surface area contributed by atoms with Gasteiger partial charge in [0, 0.05) is 42.6 Å². The minimum atomic E-state index is -0.419. The fraction of sp³-hybridized carbons (Fsp3) is 0.161. The molecule has 2 heterocycles. The number of fused-ring (bicyclic) bond motifs is 2. The Morgan fingerprint density at radius 3 is 2.70 bits per heavy atom. The maximum atomic E-state index is 12.8. The fourth-order valence-electron chi connectivity index (χ4n) is 4.74. The molecule has 0 spiro atoms. The molecule has 4 aromatic carbocycles. The first-order chi connectivity index (χ1) is 21.4. The van der Waals surface area contributed by atoms with Crippen molar-refractivity contribution in [2.24, 2.45) is 7.05 Å². The number of carbonyl (C=O) groups is 1. The number of thiazole rings is 1. The molecule has 1 N–H and O–H groups in total. The molecule has 44 heavy (non-hydrogen) atoms. The molecule has 13 heteroatoms. The fourth-order valence-corrected chi connectivity index (χ4v) is 7.56. The van der Waals surface area contributed by atoms with Crippen molar-refractivity contribution in [2.75, 3.05) is 18.2 Å². The lowest BCUT2D eigenvalue weighted by Crippen LogP contribution is -2.14. The van der Waals surface area contributed by atoms with Gasteiger partial charge in [0.25, 0.3) is 5.69 Å². The van der Waals surface area contributed by atoms with Crippen molar-refractivity contribution in [3.63, 3.8) is 0 Å². The van der Waals surface area contributed by atoms with Gasteiger partial charge >= 0.3 is 0 Å². The molecule has 0 atom stereocenters. The van der Waals surface area contributed by atoms with Gasteiger partial charge in [0.05, 0.1) is 28.0 Å². The number of carbonyl (C=O) groups excluding carboxylic acids is 1. The van der Waals surface area contributed by atoms with Gasteiger partial charge in [-0.2, -0.15) is 0 Å². The summed E-state index contributed by atoms with van der Waals surface area (Å²) in [7, 11) is 3.46. The first-order valence-electron chi connectivity index (χ1n) is 13.5. The van der Waals surface area contributed by atoms with Gasteiger partial charge in [-0.1, -0.05) is 66.0 Å². The van der Waals surface area contributed by atoms with E-state index in [1.807, 2.05) is 41.9 Å². The van der Waals surface area contributed by atoms with Gasteiger partial charge in [-0.25, -0.2) is 4.98 Å². The average Bonchev–Trinajstić information content (AvgIpc) is 3.60. The third-order valence-corrected chi connectivity index (χ3v) is 10.2. The maximum absolute atomic E-state index is 12.8. The Morgan fingerprint density at radius 1 is 1.02 bits per heavy atom. The van der Waals surface area contributed by atoms with Gasteiger partial charge in [0.1, 0.15) is 11.6 Å². The minimum absolute atomic E-state index is 0.0183. The van der Waals surface area contributed by atoms with E-state index in [9.17, 15) is 14.9 Å². The number of ether oxygens (including phenoxy) is 1. The predicted octanol–water partition coefficient (Wildman–Crippen LogP) is 7.11. The van der Waals surface area contributed by atoms with Gasteiger partial charge in [-0.3, -0.25) is 14.9 Å². The Bertz CT molecular complexity index is 2000. The van der Waals surface area contributed by atoms with Crippen LogP contribution in [0.4, 0.5) is 11.4 Å². The number of hydrogen-bond donors (Lipinski definition) is 1. The summed E-state index contributed by atoms with van der Waals surface area (Å²) in [6.07, 6.45) is 0.644. The van der Waals surface area contributed by atoms with Crippen molar-refractivity contribution in [2.45, 2.75) is 21.7 Å². The summed E-state index contributed by atoms with van der Waals surface area (Å²) in [6.45, 7) is 0. The van der Waals surface area contributed by atoms with E-state index >= 15 is 0 Å². The molecule has 10 nitrogen and oxygen atoms in total. The Balaban J connectivity index is 1.06. The summed E-state index contributed by atoms with van der Waals surface area (Å²) >= 11 is 4.31. The van der Waals surface area contributed by atoms with Gasteiger partial charge in [0.15, 0.2) is 9.50 Å². The van der Waals surface area contributed by atoms with Gasteiger partial charge in [-0.15, -0.1) is 21.5 Å². The topological polar surface area (TPSA) is 125 Å². The number of nitro benzene ring substituents is 1. The van der Waals surface area contributed by atoms with Crippen LogP contribution in [0.25, 0.3) is 21.0 Å². The van der Waals surface area contributed by atoms with Gasteiger partial charge < -0.3 is 14.6 Å². The molecule has 0 bridgehead atoms. The summed E-state index contributed by atoms with van der Waals surface area (Å²) in [5, 5.41) is 25.9. The van der Waals surface area contributed by atoms with E-state index in [1.165, 1.54) is 63.3 Å². The number of rotatable bonds is 11. The highest BCUT2D eigenvalue weighted by Gasteiger charge is 2.15. The molecule has 0 saturated heterocycles. The molecule has 0 saturated carbocycles. The summed E-state index contributed by atoms with van der Waals surface area (Å²) in [5.41, 5.74) is 3.41. The maximum Gasteiger partial charge on any atom is 0.270 e. The van der Waals surface area contributed by atoms with Crippen molar-refractivity contribution < 1.29 is 14.5 Å². The molecule has 6 aromatic rings. The average molecular weight is 643 g/mol. The van der Waals surface area contributed by atoms with Gasteiger partial charge in [-0.05, 0) is 40.6 Å². The zero-order chi connectivity index (χ0) is 30.6. The normalized spacial score (nSPS) is 11.2. The molecule has 0 radical (unpaired) electrons. The number of amides is 1. The van der Waals surface area contributed by atoms with Crippen molar-refractivity contribution in [3.05, 3.63) is 106 Å². The highest BCUT2D eigenvalue weighted by atomic mass is 32.2.